The molecule has 16 heavy (non-hydrogen) atoms. The number of phenols is 1. The van der Waals surface area contributed by atoms with Crippen molar-refractivity contribution >= 4 is 17.9 Å². The minimum atomic E-state index is -0.945. The Hall–Kier alpha value is -2.04. The van der Waals surface area contributed by atoms with Gasteiger partial charge in [0.05, 0.1) is 12.5 Å². The zero-order chi connectivity index (χ0) is 11.7. The van der Waals surface area contributed by atoms with Gasteiger partial charge in [-0.1, -0.05) is 6.07 Å². The fourth-order valence-corrected chi connectivity index (χ4v) is 2.02. The molecule has 3 N–H and O–H groups in total. The van der Waals surface area contributed by atoms with Crippen molar-refractivity contribution < 1.29 is 19.8 Å². The third-order valence-corrected chi connectivity index (χ3v) is 2.73. The third kappa shape index (κ3) is 1.71. The van der Waals surface area contributed by atoms with E-state index >= 15 is 0 Å². The van der Waals surface area contributed by atoms with Crippen LogP contribution in [-0.4, -0.2) is 28.5 Å². The van der Waals surface area contributed by atoms with Crippen LogP contribution in [0, 0.1) is 0 Å². The number of carbonyl (C=O) groups excluding carboxylic acids is 1. The molecule has 0 saturated carbocycles. The molecular weight excluding hydrogens is 210 g/mol. The van der Waals surface area contributed by atoms with Gasteiger partial charge in [0.25, 0.3) is 0 Å². The maximum atomic E-state index is 10.8. The van der Waals surface area contributed by atoms with Crippen molar-refractivity contribution in [1.82, 2.24) is 0 Å². The predicted octanol–water partition coefficient (Wildman–Crippen LogP) is 0.944. The Morgan fingerprint density at radius 1 is 1.50 bits per heavy atom. The van der Waals surface area contributed by atoms with E-state index < -0.39 is 12.0 Å². The Morgan fingerprint density at radius 3 is 2.88 bits per heavy atom. The second-order valence-electron chi connectivity index (χ2n) is 3.78. The van der Waals surface area contributed by atoms with E-state index in [4.69, 9.17) is 5.11 Å². The molecule has 84 valence electrons. The largest absolute Gasteiger partial charge is 0.508 e. The Bertz CT molecular complexity index is 444. The fourth-order valence-electron chi connectivity index (χ4n) is 2.02. The van der Waals surface area contributed by atoms with Crippen LogP contribution in [0.5, 0.6) is 5.75 Å². The smallest absolute Gasteiger partial charge is 0.304 e. The van der Waals surface area contributed by atoms with E-state index in [1.807, 2.05) is 0 Å². The summed E-state index contributed by atoms with van der Waals surface area (Å²) in [6.45, 7) is 0. The molecule has 0 aliphatic carbocycles. The second kappa shape index (κ2) is 3.84. The van der Waals surface area contributed by atoms with Gasteiger partial charge in [-0.05, 0) is 11.6 Å². The van der Waals surface area contributed by atoms with Crippen molar-refractivity contribution in [2.45, 2.75) is 18.4 Å². The Kier molecular flexibility index (Phi) is 2.52. The first-order valence-corrected chi connectivity index (χ1v) is 4.88. The van der Waals surface area contributed by atoms with Crippen LogP contribution in [0.2, 0.25) is 0 Å². The molecule has 0 aromatic heterocycles. The number of hydrogen-bond donors (Lipinski definition) is 3. The number of phenolic OH excluding ortho intramolecular Hbond substituents is 1. The number of fused-ring (bicyclic) bond motifs is 1. The lowest BCUT2D eigenvalue weighted by Crippen LogP contribution is -2.23. The minimum absolute atomic E-state index is 0.0897. The number of carboxylic acid groups (broad SMARTS) is 1. The molecule has 5 heteroatoms. The van der Waals surface area contributed by atoms with Crippen molar-refractivity contribution in [2.75, 3.05) is 5.32 Å². The summed E-state index contributed by atoms with van der Waals surface area (Å²) in [7, 11) is 0. The Balaban J connectivity index is 2.36. The molecule has 0 fully saturated rings. The minimum Gasteiger partial charge on any atom is -0.508 e. The molecule has 1 aromatic carbocycles. The molecule has 1 aliphatic rings. The van der Waals surface area contributed by atoms with Crippen molar-refractivity contribution in [3.05, 3.63) is 23.8 Å². The summed E-state index contributed by atoms with van der Waals surface area (Å²) in [5, 5.41) is 20.9. The summed E-state index contributed by atoms with van der Waals surface area (Å²) in [6.07, 6.45) is 0.596. The predicted molar refractivity (Wildman–Crippen MR) is 56.6 cm³/mol. The molecule has 1 heterocycles. The highest BCUT2D eigenvalue weighted by Crippen LogP contribution is 2.39. The van der Waals surface area contributed by atoms with Gasteiger partial charge in [-0.25, -0.2) is 0 Å². The molecule has 0 saturated heterocycles. The zero-order valence-electron chi connectivity index (χ0n) is 8.38. The lowest BCUT2D eigenvalue weighted by atomic mass is 9.92. The number of benzene rings is 1. The van der Waals surface area contributed by atoms with Gasteiger partial charge in [0, 0.05) is 17.7 Å². The van der Waals surface area contributed by atoms with Crippen LogP contribution in [0.1, 0.15) is 17.9 Å². The molecular formula is C11H11NO4. The van der Waals surface area contributed by atoms with Crippen LogP contribution in [0.4, 0.5) is 5.69 Å². The molecule has 2 rings (SSSR count). The highest BCUT2D eigenvalue weighted by molar-refractivity contribution is 5.78. The summed E-state index contributed by atoms with van der Waals surface area (Å²) in [5.74, 6) is -1.22. The van der Waals surface area contributed by atoms with Gasteiger partial charge in [-0.3, -0.25) is 4.79 Å². The number of rotatable bonds is 3. The average Bonchev–Trinajstić information content (AvgIpc) is 2.55. The number of nitrogens with one attached hydrogen (secondary N) is 1. The Labute approximate surface area is 91.7 Å². The lowest BCUT2D eigenvalue weighted by Gasteiger charge is -2.11. The highest BCUT2D eigenvalue weighted by atomic mass is 16.4. The van der Waals surface area contributed by atoms with E-state index in [1.54, 1.807) is 6.07 Å². The van der Waals surface area contributed by atoms with Gasteiger partial charge in [0.15, 0.2) is 0 Å². The van der Waals surface area contributed by atoms with Crippen LogP contribution in [0.25, 0.3) is 0 Å². The first-order chi connectivity index (χ1) is 7.61. The van der Waals surface area contributed by atoms with Crippen molar-refractivity contribution in [3.63, 3.8) is 0 Å². The Morgan fingerprint density at radius 2 is 2.25 bits per heavy atom. The monoisotopic (exact) mass is 221 g/mol. The highest BCUT2D eigenvalue weighted by Gasteiger charge is 2.33. The number of anilines is 1. The van der Waals surface area contributed by atoms with Crippen molar-refractivity contribution in [2.24, 2.45) is 0 Å². The number of aliphatic carboxylic acids is 1. The maximum absolute atomic E-state index is 10.8. The van der Waals surface area contributed by atoms with E-state index in [1.165, 1.54) is 12.1 Å². The number of aromatic hydroxyl groups is 1. The summed E-state index contributed by atoms with van der Waals surface area (Å²) in [4.78, 5) is 21.5. The molecule has 0 bridgehead atoms. The van der Waals surface area contributed by atoms with E-state index in [2.05, 4.69) is 5.32 Å². The molecule has 0 spiro atoms. The normalized spacial score (nSPS) is 22.2. The summed E-state index contributed by atoms with van der Waals surface area (Å²) < 4.78 is 0. The van der Waals surface area contributed by atoms with E-state index in [9.17, 15) is 14.7 Å². The van der Waals surface area contributed by atoms with Crippen LogP contribution >= 0.6 is 0 Å². The molecule has 0 radical (unpaired) electrons. The number of hydrogen-bond acceptors (Lipinski definition) is 4. The molecule has 0 amide bonds. The van der Waals surface area contributed by atoms with Crippen LogP contribution in [0.3, 0.4) is 0 Å². The molecule has 2 atom stereocenters. The summed E-state index contributed by atoms with van der Waals surface area (Å²) in [5.41, 5.74) is 1.39. The average molecular weight is 221 g/mol. The SMILES string of the molecule is O=CC1Nc2cc(O)ccc2C1CC(=O)O. The molecule has 5 nitrogen and oxygen atoms in total. The first-order valence-electron chi connectivity index (χ1n) is 4.88. The molecule has 1 aromatic rings. The summed E-state index contributed by atoms with van der Waals surface area (Å²) >= 11 is 0. The van der Waals surface area contributed by atoms with Gasteiger partial charge >= 0.3 is 5.97 Å². The topological polar surface area (TPSA) is 86.6 Å². The van der Waals surface area contributed by atoms with Crippen molar-refractivity contribution in [3.8, 4) is 5.75 Å². The van der Waals surface area contributed by atoms with Gasteiger partial charge in [-0.2, -0.15) is 0 Å². The first kappa shape index (κ1) is 10.5. The molecule has 2 unspecified atom stereocenters. The van der Waals surface area contributed by atoms with Gasteiger partial charge in [0.1, 0.15) is 12.0 Å². The number of carboxylic acids is 1. The van der Waals surface area contributed by atoms with Crippen LogP contribution < -0.4 is 5.32 Å². The van der Waals surface area contributed by atoms with Gasteiger partial charge < -0.3 is 20.3 Å². The lowest BCUT2D eigenvalue weighted by molar-refractivity contribution is -0.137. The fraction of sp³-hybridized carbons (Fsp3) is 0.273. The third-order valence-electron chi connectivity index (χ3n) is 2.73. The van der Waals surface area contributed by atoms with E-state index in [-0.39, 0.29) is 18.1 Å². The molecule has 1 aliphatic heterocycles. The maximum Gasteiger partial charge on any atom is 0.304 e. The van der Waals surface area contributed by atoms with Gasteiger partial charge in [0.2, 0.25) is 0 Å². The number of carbonyl (C=O) groups is 2. The standard InChI is InChI=1S/C11H11NO4/c13-5-10-8(4-11(15)16)7-2-1-6(14)3-9(7)12-10/h1-3,5,8,10,12,14H,4H2,(H,15,16). The quantitative estimate of drug-likeness (QED) is 0.661. The van der Waals surface area contributed by atoms with Crippen LogP contribution in [-0.2, 0) is 9.59 Å². The van der Waals surface area contributed by atoms with Crippen molar-refractivity contribution in [1.29, 1.82) is 0 Å². The van der Waals surface area contributed by atoms with Gasteiger partial charge in [-0.15, -0.1) is 0 Å². The number of aldehydes is 1. The van der Waals surface area contributed by atoms with E-state index in [0.717, 1.165) is 5.56 Å². The zero-order valence-corrected chi connectivity index (χ0v) is 8.38. The second-order valence-corrected chi connectivity index (χ2v) is 3.78. The van der Waals surface area contributed by atoms with Crippen LogP contribution in [0.15, 0.2) is 18.2 Å². The summed E-state index contributed by atoms with van der Waals surface area (Å²) in [6, 6.07) is 4.10. The van der Waals surface area contributed by atoms with E-state index in [0.29, 0.717) is 12.0 Å².